The zero-order chi connectivity index (χ0) is 23.5. The molecule has 2 atom stereocenters. The van der Waals surface area contributed by atoms with Gasteiger partial charge in [-0.1, -0.05) is 0 Å². The van der Waals surface area contributed by atoms with E-state index in [9.17, 15) is 9.50 Å². The van der Waals surface area contributed by atoms with Crippen molar-refractivity contribution in [1.29, 1.82) is 0 Å². The SMILES string of the molecule is COc1ccc2ncc(F)c(CCN3CC[C@H](NCc4cnc5c(c4)OCCO5)[C@H](O)C3)c2n1.Cl.Cl. The smallest absolute Gasteiger partial charge is 0.257 e. The van der Waals surface area contributed by atoms with Gasteiger partial charge in [0, 0.05) is 43.5 Å². The first-order valence-corrected chi connectivity index (χ1v) is 11.5. The number of likely N-dealkylation sites (tertiary alicyclic amines) is 1. The van der Waals surface area contributed by atoms with Crippen LogP contribution >= 0.6 is 24.8 Å². The Labute approximate surface area is 221 Å². The molecule has 0 spiro atoms. The summed E-state index contributed by atoms with van der Waals surface area (Å²) in [6, 6.07) is 5.38. The molecule has 2 aliphatic rings. The van der Waals surface area contributed by atoms with Crippen LogP contribution < -0.4 is 19.5 Å². The summed E-state index contributed by atoms with van der Waals surface area (Å²) >= 11 is 0. The first-order valence-electron chi connectivity index (χ1n) is 11.5. The first-order chi connectivity index (χ1) is 16.6. The van der Waals surface area contributed by atoms with Gasteiger partial charge in [0.05, 0.1) is 30.4 Å². The summed E-state index contributed by atoms with van der Waals surface area (Å²) in [5.41, 5.74) is 2.64. The van der Waals surface area contributed by atoms with E-state index in [2.05, 4.69) is 25.2 Å². The van der Waals surface area contributed by atoms with Gasteiger partial charge in [-0.05, 0) is 37.1 Å². The molecule has 9 nitrogen and oxygen atoms in total. The quantitative estimate of drug-likeness (QED) is 0.467. The van der Waals surface area contributed by atoms with Crippen LogP contribution in [0.5, 0.6) is 17.5 Å². The minimum Gasteiger partial charge on any atom is -0.484 e. The second-order valence-electron chi connectivity index (χ2n) is 8.54. The van der Waals surface area contributed by atoms with Gasteiger partial charge >= 0.3 is 0 Å². The van der Waals surface area contributed by atoms with Gasteiger partial charge in [-0.2, -0.15) is 0 Å². The van der Waals surface area contributed by atoms with Crippen molar-refractivity contribution in [3.05, 3.63) is 47.5 Å². The molecule has 196 valence electrons. The topological polar surface area (TPSA) is 102 Å². The second-order valence-corrected chi connectivity index (χ2v) is 8.54. The Balaban J connectivity index is 0.00000180. The summed E-state index contributed by atoms with van der Waals surface area (Å²) in [6.45, 7) is 3.54. The predicted octanol–water partition coefficient (Wildman–Crippen LogP) is 2.55. The molecule has 36 heavy (non-hydrogen) atoms. The number of halogens is 3. The van der Waals surface area contributed by atoms with E-state index < -0.39 is 6.10 Å². The van der Waals surface area contributed by atoms with Crippen molar-refractivity contribution in [2.45, 2.75) is 31.5 Å². The van der Waals surface area contributed by atoms with Gasteiger partial charge in [0.2, 0.25) is 5.88 Å². The maximum absolute atomic E-state index is 14.6. The number of methoxy groups -OCH3 is 1. The van der Waals surface area contributed by atoms with Crippen LogP contribution in [0, 0.1) is 5.82 Å². The van der Waals surface area contributed by atoms with Crippen LogP contribution in [0.3, 0.4) is 0 Å². The minimum atomic E-state index is -0.531. The molecule has 3 aromatic rings. The molecule has 2 N–H and O–H groups in total. The average Bonchev–Trinajstić information content (AvgIpc) is 2.87. The molecule has 1 saturated heterocycles. The molecule has 1 fully saturated rings. The number of hydrogen-bond acceptors (Lipinski definition) is 9. The molecule has 5 heterocycles. The summed E-state index contributed by atoms with van der Waals surface area (Å²) < 4.78 is 30.8. The van der Waals surface area contributed by atoms with Crippen LogP contribution in [0.4, 0.5) is 4.39 Å². The van der Waals surface area contributed by atoms with Crippen molar-refractivity contribution in [2.75, 3.05) is 40.0 Å². The number of nitrogens with one attached hydrogen (secondary N) is 1. The molecular weight excluding hydrogens is 512 g/mol. The molecular formula is C24H30Cl2FN5O4. The second kappa shape index (κ2) is 12.6. The van der Waals surface area contributed by atoms with E-state index in [1.807, 2.05) is 6.07 Å². The standard InChI is InChI=1S/C24H28FN5O4.2ClH/c1-32-22-3-2-19-23(29-22)16(17(25)13-27-19)4-6-30-7-5-18(20(31)14-30)26-11-15-10-21-24(28-12-15)34-9-8-33-21;;/h2-3,10,12-13,18,20,26,31H,4-9,11,14H2,1H3;2*1H/t18-,20+;;/m0../s1. The number of β-amino-alcohol motifs (C(OH)–C–C–N with tert-alkyl or cyclic N) is 1. The van der Waals surface area contributed by atoms with Crippen molar-refractivity contribution < 1.29 is 23.7 Å². The lowest BCUT2D eigenvalue weighted by atomic mass is 10.0. The lowest BCUT2D eigenvalue weighted by Crippen LogP contribution is -2.52. The van der Waals surface area contributed by atoms with Gasteiger partial charge in [0.15, 0.2) is 5.75 Å². The largest absolute Gasteiger partial charge is 0.484 e. The number of aliphatic hydroxyl groups is 1. The van der Waals surface area contributed by atoms with E-state index in [1.54, 1.807) is 18.3 Å². The van der Waals surface area contributed by atoms with Gasteiger partial charge in [-0.3, -0.25) is 4.98 Å². The minimum absolute atomic E-state index is 0. The number of fused-ring (bicyclic) bond motifs is 2. The monoisotopic (exact) mass is 541 g/mol. The van der Waals surface area contributed by atoms with Gasteiger partial charge in [-0.15, -0.1) is 24.8 Å². The number of ether oxygens (including phenoxy) is 3. The third kappa shape index (κ3) is 6.24. The molecule has 0 radical (unpaired) electrons. The Bertz CT molecular complexity index is 1170. The Kier molecular flexibility index (Phi) is 9.86. The lowest BCUT2D eigenvalue weighted by Gasteiger charge is -2.36. The summed E-state index contributed by atoms with van der Waals surface area (Å²) in [7, 11) is 1.53. The number of pyridine rings is 3. The van der Waals surface area contributed by atoms with Crippen molar-refractivity contribution in [1.82, 2.24) is 25.2 Å². The summed E-state index contributed by atoms with van der Waals surface area (Å²) in [5.74, 6) is 1.23. The summed E-state index contributed by atoms with van der Waals surface area (Å²) in [4.78, 5) is 15.0. The number of rotatable bonds is 7. The van der Waals surface area contributed by atoms with Gasteiger partial charge in [0.25, 0.3) is 5.88 Å². The van der Waals surface area contributed by atoms with Crippen LogP contribution in [-0.2, 0) is 13.0 Å². The van der Waals surface area contributed by atoms with E-state index in [0.29, 0.717) is 73.4 Å². The Morgan fingerprint density at radius 2 is 2.03 bits per heavy atom. The van der Waals surface area contributed by atoms with E-state index in [1.165, 1.54) is 13.3 Å². The van der Waals surface area contributed by atoms with E-state index in [-0.39, 0.29) is 36.7 Å². The van der Waals surface area contributed by atoms with Crippen molar-refractivity contribution in [3.63, 3.8) is 0 Å². The number of aliphatic hydroxyl groups excluding tert-OH is 1. The fraction of sp³-hybridized carbons (Fsp3) is 0.458. The maximum atomic E-state index is 14.6. The highest BCUT2D eigenvalue weighted by molar-refractivity contribution is 5.85. The molecule has 0 unspecified atom stereocenters. The number of hydrogen-bond donors (Lipinski definition) is 2. The molecule has 0 saturated carbocycles. The number of piperidine rings is 1. The highest BCUT2D eigenvalue weighted by Gasteiger charge is 2.27. The average molecular weight is 542 g/mol. The lowest BCUT2D eigenvalue weighted by molar-refractivity contribution is 0.0403. The van der Waals surface area contributed by atoms with Gasteiger partial charge in [0.1, 0.15) is 19.0 Å². The summed E-state index contributed by atoms with van der Waals surface area (Å²) in [5, 5.41) is 14.2. The van der Waals surface area contributed by atoms with E-state index in [0.717, 1.165) is 18.5 Å². The first kappa shape index (κ1) is 28.1. The third-order valence-corrected chi connectivity index (χ3v) is 6.32. The predicted molar refractivity (Wildman–Crippen MR) is 137 cm³/mol. The highest BCUT2D eigenvalue weighted by Crippen LogP contribution is 2.28. The molecule has 2 aliphatic heterocycles. The zero-order valence-corrected chi connectivity index (χ0v) is 21.5. The van der Waals surface area contributed by atoms with Crippen LogP contribution in [-0.4, -0.2) is 77.1 Å². The molecule has 12 heteroatoms. The van der Waals surface area contributed by atoms with E-state index >= 15 is 0 Å². The highest BCUT2D eigenvalue weighted by atomic mass is 35.5. The fourth-order valence-electron chi connectivity index (χ4n) is 4.46. The maximum Gasteiger partial charge on any atom is 0.257 e. The molecule has 0 amide bonds. The zero-order valence-electron chi connectivity index (χ0n) is 19.9. The normalized spacial score (nSPS) is 19.3. The Morgan fingerprint density at radius 1 is 1.19 bits per heavy atom. The van der Waals surface area contributed by atoms with Crippen LogP contribution in [0.15, 0.2) is 30.6 Å². The van der Waals surface area contributed by atoms with Crippen molar-refractivity contribution in [3.8, 4) is 17.5 Å². The van der Waals surface area contributed by atoms with Crippen LogP contribution in [0.25, 0.3) is 11.0 Å². The molecule has 0 aromatic carbocycles. The molecule has 0 aliphatic carbocycles. The molecule has 0 bridgehead atoms. The fourth-order valence-corrected chi connectivity index (χ4v) is 4.46. The van der Waals surface area contributed by atoms with Crippen molar-refractivity contribution in [2.24, 2.45) is 0 Å². The van der Waals surface area contributed by atoms with Crippen molar-refractivity contribution >= 4 is 35.8 Å². The summed E-state index contributed by atoms with van der Waals surface area (Å²) in [6.07, 6.45) is 3.72. The van der Waals surface area contributed by atoms with Crippen LogP contribution in [0.2, 0.25) is 0 Å². The number of aromatic nitrogens is 3. The molecule has 3 aromatic heterocycles. The third-order valence-electron chi connectivity index (χ3n) is 6.32. The van der Waals surface area contributed by atoms with E-state index in [4.69, 9.17) is 14.2 Å². The van der Waals surface area contributed by atoms with Crippen LogP contribution in [0.1, 0.15) is 17.5 Å². The Hall–Kier alpha value is -2.50. The van der Waals surface area contributed by atoms with Gasteiger partial charge < -0.3 is 29.5 Å². The Morgan fingerprint density at radius 3 is 2.83 bits per heavy atom. The number of nitrogens with zero attached hydrogens (tertiary/aromatic N) is 4. The molecule has 5 rings (SSSR count). The van der Waals surface area contributed by atoms with Gasteiger partial charge in [-0.25, -0.2) is 14.4 Å².